The monoisotopic (exact) mass is 836 g/mol. The minimum absolute atomic E-state index is 0. The SMILES string of the molecule is CCCCCCCC[N+](C)(C)CCOCc1ccc(-c2ccc(COCC[N+](C)(C)CCCCCCCC)cc2)cc1.[I-].[I-]. The Bertz CT molecular complexity index is 855. The van der Waals surface area contributed by atoms with Crippen molar-refractivity contribution in [1.29, 1.82) is 0 Å². The lowest BCUT2D eigenvalue weighted by molar-refractivity contribution is -0.891. The second-order valence-electron chi connectivity index (χ2n) is 13.8. The van der Waals surface area contributed by atoms with Crippen molar-refractivity contribution in [3.8, 4) is 11.1 Å². The van der Waals surface area contributed by atoms with Crippen LogP contribution < -0.4 is 48.0 Å². The van der Waals surface area contributed by atoms with E-state index < -0.39 is 0 Å². The summed E-state index contributed by atoms with van der Waals surface area (Å²) in [7, 11) is 9.33. The van der Waals surface area contributed by atoms with Gasteiger partial charge in [-0.3, -0.25) is 0 Å². The minimum atomic E-state index is 0. The minimum Gasteiger partial charge on any atom is -1.00 e. The van der Waals surface area contributed by atoms with Crippen molar-refractivity contribution in [2.75, 3.05) is 67.6 Å². The Hall–Kier alpha value is -0.260. The van der Waals surface area contributed by atoms with Gasteiger partial charge in [-0.25, -0.2) is 0 Å². The lowest BCUT2D eigenvalue weighted by atomic mass is 10.0. The van der Waals surface area contributed by atoms with Crippen molar-refractivity contribution < 1.29 is 66.4 Å². The third-order valence-corrected chi connectivity index (χ3v) is 8.69. The van der Waals surface area contributed by atoms with Gasteiger partial charge in [-0.05, 0) is 47.9 Å². The van der Waals surface area contributed by atoms with E-state index >= 15 is 0 Å². The smallest absolute Gasteiger partial charge is 0.102 e. The van der Waals surface area contributed by atoms with Crippen molar-refractivity contribution in [2.45, 2.75) is 104 Å². The van der Waals surface area contributed by atoms with E-state index in [2.05, 4.69) is 90.6 Å². The van der Waals surface area contributed by atoms with Crippen LogP contribution in [-0.4, -0.2) is 76.5 Å². The molecule has 0 aromatic heterocycles. The van der Waals surface area contributed by atoms with E-state index in [1.165, 1.54) is 112 Å². The number of hydrogen-bond acceptors (Lipinski definition) is 2. The maximum absolute atomic E-state index is 6.05. The van der Waals surface area contributed by atoms with E-state index in [1.54, 1.807) is 0 Å². The summed E-state index contributed by atoms with van der Waals surface area (Å²) in [5, 5.41) is 0. The van der Waals surface area contributed by atoms with Crippen molar-refractivity contribution in [3.63, 3.8) is 0 Å². The molecule has 0 saturated heterocycles. The highest BCUT2D eigenvalue weighted by atomic mass is 127. The molecule has 2 rings (SSSR count). The molecule has 2 aromatic carbocycles. The molecule has 0 aliphatic heterocycles. The van der Waals surface area contributed by atoms with Crippen LogP contribution in [0.3, 0.4) is 0 Å². The molecule has 0 N–H and O–H groups in total. The van der Waals surface area contributed by atoms with Crippen LogP contribution in [0.15, 0.2) is 48.5 Å². The lowest BCUT2D eigenvalue weighted by Gasteiger charge is -2.29. The van der Waals surface area contributed by atoms with Crippen LogP contribution in [0.25, 0.3) is 11.1 Å². The van der Waals surface area contributed by atoms with E-state index in [0.29, 0.717) is 13.2 Å². The van der Waals surface area contributed by atoms with Crippen LogP contribution in [0.2, 0.25) is 0 Å². The van der Waals surface area contributed by atoms with Crippen LogP contribution in [-0.2, 0) is 22.7 Å². The number of ether oxygens (including phenoxy) is 2. The van der Waals surface area contributed by atoms with Gasteiger partial charge in [-0.2, -0.15) is 0 Å². The van der Waals surface area contributed by atoms with E-state index in [0.717, 1.165) is 35.3 Å². The molecular formula is C38H66I2N2O2. The van der Waals surface area contributed by atoms with Gasteiger partial charge in [0, 0.05) is 0 Å². The Morgan fingerprint density at radius 3 is 1.09 bits per heavy atom. The van der Waals surface area contributed by atoms with E-state index in [-0.39, 0.29) is 48.0 Å². The number of nitrogens with zero attached hydrogens (tertiary/aromatic N) is 2. The Labute approximate surface area is 306 Å². The maximum atomic E-state index is 6.05. The Morgan fingerprint density at radius 2 is 0.750 bits per heavy atom. The summed E-state index contributed by atoms with van der Waals surface area (Å²) in [5.41, 5.74) is 4.97. The zero-order valence-electron chi connectivity index (χ0n) is 29.2. The zero-order chi connectivity index (χ0) is 30.5. The highest BCUT2D eigenvalue weighted by Crippen LogP contribution is 2.21. The molecule has 0 bridgehead atoms. The first-order valence-corrected chi connectivity index (χ1v) is 17.2. The Morgan fingerprint density at radius 1 is 0.432 bits per heavy atom. The van der Waals surface area contributed by atoms with Gasteiger partial charge in [0.15, 0.2) is 0 Å². The molecule has 0 spiro atoms. The van der Waals surface area contributed by atoms with Crippen LogP contribution >= 0.6 is 0 Å². The molecule has 44 heavy (non-hydrogen) atoms. The first-order chi connectivity index (χ1) is 20.2. The van der Waals surface area contributed by atoms with Crippen LogP contribution in [0.4, 0.5) is 0 Å². The summed E-state index contributed by atoms with van der Waals surface area (Å²) in [6.45, 7) is 12.2. The molecule has 6 heteroatoms. The topological polar surface area (TPSA) is 18.5 Å². The van der Waals surface area contributed by atoms with Crippen LogP contribution in [0, 0.1) is 0 Å². The molecule has 0 aliphatic carbocycles. The molecule has 0 heterocycles. The molecular weight excluding hydrogens is 770 g/mol. The number of rotatable bonds is 25. The summed E-state index contributed by atoms with van der Waals surface area (Å²) < 4.78 is 14.2. The number of halogens is 2. The first-order valence-electron chi connectivity index (χ1n) is 17.2. The zero-order valence-corrected chi connectivity index (χ0v) is 33.5. The van der Waals surface area contributed by atoms with Gasteiger partial charge in [0.2, 0.25) is 0 Å². The highest BCUT2D eigenvalue weighted by molar-refractivity contribution is 5.63. The molecule has 0 unspecified atom stereocenters. The third kappa shape index (κ3) is 20.8. The molecule has 0 saturated carbocycles. The van der Waals surface area contributed by atoms with Crippen LogP contribution in [0.5, 0.6) is 0 Å². The third-order valence-electron chi connectivity index (χ3n) is 8.69. The summed E-state index contributed by atoms with van der Waals surface area (Å²) in [5.74, 6) is 0. The Balaban J connectivity index is 0.00000924. The predicted octanol–water partition coefficient (Wildman–Crippen LogP) is 3.27. The van der Waals surface area contributed by atoms with Crippen molar-refractivity contribution >= 4 is 0 Å². The summed E-state index contributed by atoms with van der Waals surface area (Å²) >= 11 is 0. The molecule has 4 nitrogen and oxygen atoms in total. The quantitative estimate of drug-likeness (QED) is 0.0871. The molecule has 0 radical (unpaired) electrons. The van der Waals surface area contributed by atoms with Gasteiger partial charge < -0.3 is 66.4 Å². The average molecular weight is 837 g/mol. The number of hydrogen-bond donors (Lipinski definition) is 0. The summed E-state index contributed by atoms with van der Waals surface area (Å²) in [4.78, 5) is 0. The molecule has 0 aliphatic rings. The highest BCUT2D eigenvalue weighted by Gasteiger charge is 2.15. The van der Waals surface area contributed by atoms with Crippen molar-refractivity contribution in [2.24, 2.45) is 0 Å². The molecule has 0 atom stereocenters. The number of benzene rings is 2. The van der Waals surface area contributed by atoms with Crippen molar-refractivity contribution in [1.82, 2.24) is 0 Å². The van der Waals surface area contributed by atoms with Gasteiger partial charge >= 0.3 is 0 Å². The van der Waals surface area contributed by atoms with Crippen molar-refractivity contribution in [3.05, 3.63) is 59.7 Å². The van der Waals surface area contributed by atoms with Gasteiger partial charge in [0.05, 0.1) is 67.7 Å². The number of unbranched alkanes of at least 4 members (excludes halogenated alkanes) is 10. The van der Waals surface area contributed by atoms with E-state index in [1.807, 2.05) is 0 Å². The Kier molecular flexibility index (Phi) is 25.6. The standard InChI is InChI=1S/C38H66N2O2.2HI/c1-7-9-11-13-15-17-27-39(3,4)29-31-41-33-35-19-23-37(24-20-35)38-25-21-36(22-26-38)34-42-32-30-40(5,6)28-18-16-14-12-10-8-2;;/h19-26H,7-18,27-34H2,1-6H3;2*1H/q+2;;/p-2. The lowest BCUT2D eigenvalue weighted by Crippen LogP contribution is -3.00. The maximum Gasteiger partial charge on any atom is 0.102 e. The second kappa shape index (κ2) is 25.8. The molecule has 0 fully saturated rings. The fraction of sp³-hybridized carbons (Fsp3) is 0.684. The molecule has 0 amide bonds. The summed E-state index contributed by atoms with van der Waals surface area (Å²) in [6, 6.07) is 17.7. The fourth-order valence-electron chi connectivity index (χ4n) is 5.45. The van der Waals surface area contributed by atoms with Gasteiger partial charge in [0.1, 0.15) is 13.1 Å². The first kappa shape index (κ1) is 43.7. The van der Waals surface area contributed by atoms with Gasteiger partial charge in [-0.1, -0.05) is 114 Å². The molecule has 2 aromatic rings. The predicted molar refractivity (Wildman–Crippen MR) is 182 cm³/mol. The number of quaternary nitrogens is 2. The normalized spacial score (nSPS) is 11.7. The number of likely N-dealkylation sites (N-methyl/N-ethyl adjacent to an activating group) is 2. The average Bonchev–Trinajstić information content (AvgIpc) is 2.98. The second-order valence-corrected chi connectivity index (χ2v) is 13.8. The van der Waals surface area contributed by atoms with Crippen LogP contribution in [0.1, 0.15) is 102 Å². The molecule has 254 valence electrons. The fourth-order valence-corrected chi connectivity index (χ4v) is 5.45. The van der Waals surface area contributed by atoms with E-state index in [9.17, 15) is 0 Å². The van der Waals surface area contributed by atoms with Gasteiger partial charge in [0.25, 0.3) is 0 Å². The largest absolute Gasteiger partial charge is 1.00 e. The van der Waals surface area contributed by atoms with Gasteiger partial charge in [-0.15, -0.1) is 0 Å². The van der Waals surface area contributed by atoms with E-state index in [4.69, 9.17) is 9.47 Å². The summed E-state index contributed by atoms with van der Waals surface area (Å²) in [6.07, 6.45) is 16.3.